The highest BCUT2D eigenvalue weighted by Gasteiger charge is 2.18. The van der Waals surface area contributed by atoms with Gasteiger partial charge < -0.3 is 19.4 Å². The van der Waals surface area contributed by atoms with E-state index in [9.17, 15) is 9.59 Å². The quantitative estimate of drug-likeness (QED) is 0.829. The van der Waals surface area contributed by atoms with Gasteiger partial charge in [0.1, 0.15) is 11.8 Å². The van der Waals surface area contributed by atoms with E-state index in [0.29, 0.717) is 6.42 Å². The van der Waals surface area contributed by atoms with Crippen LogP contribution < -0.4 is 10.1 Å². The molecule has 1 aromatic heterocycles. The maximum Gasteiger partial charge on any atom is 0.328 e. The van der Waals surface area contributed by atoms with Crippen molar-refractivity contribution < 1.29 is 19.1 Å². The van der Waals surface area contributed by atoms with E-state index in [1.807, 2.05) is 47.3 Å². The number of carbonyl (C=O) groups is 2. The van der Waals surface area contributed by atoms with E-state index in [1.54, 1.807) is 7.11 Å². The minimum absolute atomic E-state index is 0.276. The molecule has 0 saturated carbocycles. The molecule has 1 aromatic carbocycles. The van der Waals surface area contributed by atoms with Crippen LogP contribution in [0.3, 0.4) is 0 Å². The molecule has 1 atom stereocenters. The van der Waals surface area contributed by atoms with Gasteiger partial charge in [-0.15, -0.1) is 0 Å². The van der Waals surface area contributed by atoms with Crippen molar-refractivity contribution in [1.29, 1.82) is 0 Å². The third kappa shape index (κ3) is 3.91. The second-order valence-corrected chi connectivity index (χ2v) is 5.02. The molecule has 0 aliphatic carbocycles. The molecule has 0 fully saturated rings. The van der Waals surface area contributed by atoms with Crippen molar-refractivity contribution >= 4 is 29.0 Å². The summed E-state index contributed by atoms with van der Waals surface area (Å²) in [5, 5.41) is 3.58. The van der Waals surface area contributed by atoms with Crippen molar-refractivity contribution in [2.45, 2.75) is 19.4 Å². The van der Waals surface area contributed by atoms with Gasteiger partial charge in [-0.1, -0.05) is 18.2 Å². The fourth-order valence-corrected chi connectivity index (χ4v) is 2.37. The topological polar surface area (TPSA) is 69.6 Å². The number of hydrogen-bond donors (Lipinski definition) is 1. The molecular formula is C17H20N2O4. The number of para-hydroxylation sites is 1. The predicted octanol–water partition coefficient (Wildman–Crippen LogP) is 2.19. The maximum atomic E-state index is 11.7. The first-order chi connectivity index (χ1) is 11.1. The molecular weight excluding hydrogens is 296 g/mol. The van der Waals surface area contributed by atoms with Crippen molar-refractivity contribution in [3.63, 3.8) is 0 Å². The molecule has 6 nitrogen and oxygen atoms in total. The number of fused-ring (bicyclic) bond motifs is 1. The van der Waals surface area contributed by atoms with Crippen molar-refractivity contribution in [3.05, 3.63) is 36.5 Å². The molecule has 1 heterocycles. The lowest BCUT2D eigenvalue weighted by molar-refractivity contribution is -0.144. The minimum atomic E-state index is -0.697. The third-order valence-electron chi connectivity index (χ3n) is 3.42. The Morgan fingerprint density at radius 1 is 1.30 bits per heavy atom. The molecule has 1 amide bonds. The molecule has 0 saturated heterocycles. The number of nitrogens with one attached hydrogen (secondary N) is 1. The van der Waals surface area contributed by atoms with E-state index in [-0.39, 0.29) is 5.91 Å². The highest BCUT2D eigenvalue weighted by Crippen LogP contribution is 2.27. The highest BCUT2D eigenvalue weighted by molar-refractivity contribution is 5.88. The summed E-state index contributed by atoms with van der Waals surface area (Å²) < 4.78 is 12.0. The van der Waals surface area contributed by atoms with Crippen LogP contribution in [0, 0.1) is 0 Å². The summed E-state index contributed by atoms with van der Waals surface area (Å²) in [6.45, 7) is 1.37. The van der Waals surface area contributed by atoms with Gasteiger partial charge >= 0.3 is 5.97 Å². The van der Waals surface area contributed by atoms with E-state index in [1.165, 1.54) is 14.0 Å². The summed E-state index contributed by atoms with van der Waals surface area (Å²) in [5.41, 5.74) is 0.995. The van der Waals surface area contributed by atoms with Crippen molar-refractivity contribution in [2.75, 3.05) is 14.2 Å². The van der Waals surface area contributed by atoms with E-state index >= 15 is 0 Å². The molecule has 2 rings (SSSR count). The first kappa shape index (κ1) is 16.6. The van der Waals surface area contributed by atoms with Crippen LogP contribution in [0.25, 0.3) is 17.1 Å². The Morgan fingerprint density at radius 2 is 2.04 bits per heavy atom. The largest absolute Gasteiger partial charge is 0.494 e. The average molecular weight is 316 g/mol. The highest BCUT2D eigenvalue weighted by atomic mass is 16.5. The number of benzene rings is 1. The van der Waals surface area contributed by atoms with Gasteiger partial charge in [-0.05, 0) is 18.6 Å². The lowest BCUT2D eigenvalue weighted by Crippen LogP contribution is -2.39. The summed E-state index contributed by atoms with van der Waals surface area (Å²) >= 11 is 0. The average Bonchev–Trinajstić information content (AvgIpc) is 2.91. The smallest absolute Gasteiger partial charge is 0.328 e. The number of nitrogens with zero attached hydrogens (tertiary/aromatic N) is 1. The molecule has 23 heavy (non-hydrogen) atoms. The molecule has 0 bridgehead atoms. The van der Waals surface area contributed by atoms with Crippen molar-refractivity contribution in [3.8, 4) is 5.75 Å². The number of esters is 1. The number of hydrogen-bond acceptors (Lipinski definition) is 4. The normalized spacial score (nSPS) is 12.3. The summed E-state index contributed by atoms with van der Waals surface area (Å²) in [6, 6.07) is 7.15. The third-order valence-corrected chi connectivity index (χ3v) is 3.42. The Labute approximate surface area is 134 Å². The number of rotatable bonds is 6. The number of carbonyl (C=O) groups excluding carboxylic acids is 2. The Kier molecular flexibility index (Phi) is 5.41. The summed E-state index contributed by atoms with van der Waals surface area (Å²) in [5.74, 6) is 0.0262. The van der Waals surface area contributed by atoms with Crippen molar-refractivity contribution in [1.82, 2.24) is 9.88 Å². The zero-order valence-corrected chi connectivity index (χ0v) is 13.4. The van der Waals surface area contributed by atoms with E-state index in [0.717, 1.165) is 16.7 Å². The van der Waals surface area contributed by atoms with Gasteiger partial charge in [-0.2, -0.15) is 0 Å². The summed E-state index contributed by atoms with van der Waals surface area (Å²) in [6.07, 6.45) is 5.85. The fourth-order valence-electron chi connectivity index (χ4n) is 2.37. The zero-order chi connectivity index (χ0) is 16.8. The van der Waals surface area contributed by atoms with Crippen LogP contribution in [-0.4, -0.2) is 36.7 Å². The standard InChI is InChI=1S/C17H20N2O4/c1-12(20)18-14(17(21)23-3)8-6-10-19-11-16(22-2)13-7-4-5-9-15(13)19/h4-7,9-11,14H,8H2,1-3H3,(H,18,20)/b10-6+. The SMILES string of the molecule is COC(=O)C(C/C=C/n1cc(OC)c2ccccc21)NC(C)=O. The zero-order valence-electron chi connectivity index (χ0n) is 13.4. The van der Waals surface area contributed by atoms with Crippen molar-refractivity contribution in [2.24, 2.45) is 0 Å². The van der Waals surface area contributed by atoms with Gasteiger partial charge in [0.05, 0.1) is 25.9 Å². The van der Waals surface area contributed by atoms with Gasteiger partial charge in [0.25, 0.3) is 0 Å². The number of ether oxygens (including phenoxy) is 2. The van der Waals surface area contributed by atoms with Crippen LogP contribution in [0.1, 0.15) is 13.3 Å². The number of methoxy groups -OCH3 is 2. The van der Waals surface area contributed by atoms with Gasteiger partial charge in [-0.3, -0.25) is 4.79 Å². The van der Waals surface area contributed by atoms with Crippen LogP contribution >= 0.6 is 0 Å². The van der Waals surface area contributed by atoms with Gasteiger partial charge in [-0.25, -0.2) is 4.79 Å². The van der Waals surface area contributed by atoms with Gasteiger partial charge in [0, 0.05) is 18.5 Å². The van der Waals surface area contributed by atoms with Crippen LogP contribution in [0.4, 0.5) is 0 Å². The lowest BCUT2D eigenvalue weighted by atomic mass is 10.2. The Morgan fingerprint density at radius 3 is 2.70 bits per heavy atom. The molecule has 0 aliphatic rings. The first-order valence-corrected chi connectivity index (χ1v) is 7.22. The van der Waals surface area contributed by atoms with E-state index < -0.39 is 12.0 Å². The molecule has 122 valence electrons. The molecule has 0 aliphatic heterocycles. The molecule has 1 N–H and O–H groups in total. The van der Waals surface area contributed by atoms with Crippen LogP contribution in [0.15, 0.2) is 36.5 Å². The Hall–Kier alpha value is -2.76. The van der Waals surface area contributed by atoms with Crippen LogP contribution in [-0.2, 0) is 14.3 Å². The van der Waals surface area contributed by atoms with Gasteiger partial charge in [0.2, 0.25) is 5.91 Å². The minimum Gasteiger partial charge on any atom is -0.494 e. The lowest BCUT2D eigenvalue weighted by Gasteiger charge is -2.13. The number of aromatic nitrogens is 1. The second-order valence-electron chi connectivity index (χ2n) is 5.02. The first-order valence-electron chi connectivity index (χ1n) is 7.22. The molecule has 0 radical (unpaired) electrons. The predicted molar refractivity (Wildman–Crippen MR) is 88.1 cm³/mol. The van der Waals surface area contributed by atoms with Crippen LogP contribution in [0.5, 0.6) is 5.75 Å². The maximum absolute atomic E-state index is 11.7. The molecule has 6 heteroatoms. The molecule has 1 unspecified atom stereocenters. The van der Waals surface area contributed by atoms with Crippen LogP contribution in [0.2, 0.25) is 0 Å². The Bertz CT molecular complexity index is 733. The second kappa shape index (κ2) is 7.49. The van der Waals surface area contributed by atoms with E-state index in [2.05, 4.69) is 5.32 Å². The monoisotopic (exact) mass is 316 g/mol. The van der Waals surface area contributed by atoms with E-state index in [4.69, 9.17) is 9.47 Å². The summed E-state index contributed by atoms with van der Waals surface area (Å²) in [7, 11) is 2.92. The van der Waals surface area contributed by atoms with Gasteiger partial charge in [0.15, 0.2) is 0 Å². The molecule has 2 aromatic rings. The molecule has 0 spiro atoms. The Balaban J connectivity index is 2.19. The summed E-state index contributed by atoms with van der Waals surface area (Å²) in [4.78, 5) is 22.8. The fraction of sp³-hybridized carbons (Fsp3) is 0.294. The number of amides is 1.